The van der Waals surface area contributed by atoms with Gasteiger partial charge in [0.25, 0.3) is 0 Å². The summed E-state index contributed by atoms with van der Waals surface area (Å²) in [6.07, 6.45) is 7.38. The maximum absolute atomic E-state index is 10.4. The van der Waals surface area contributed by atoms with Crippen LogP contribution in [-0.2, 0) is 4.79 Å². The van der Waals surface area contributed by atoms with Crippen LogP contribution in [0.4, 0.5) is 0 Å². The molecule has 0 bridgehead atoms. The van der Waals surface area contributed by atoms with Crippen molar-refractivity contribution in [2.75, 3.05) is 6.54 Å². The molecule has 0 saturated carbocycles. The second kappa shape index (κ2) is 9.49. The highest BCUT2D eigenvalue weighted by Gasteiger charge is 1.99. The number of nitrogens with zero attached hydrogens (tertiary/aromatic N) is 1. The van der Waals surface area contributed by atoms with Crippen LogP contribution < -0.4 is 5.43 Å². The van der Waals surface area contributed by atoms with E-state index in [-0.39, 0.29) is 5.71 Å². The average Bonchev–Trinajstić information content (AvgIpc) is 2.21. The van der Waals surface area contributed by atoms with Gasteiger partial charge in [0, 0.05) is 6.54 Å². The standard InChI is InChI=1S/C11H22N2O2/c1-3-4-5-6-7-8-9-12-13-10(2)11(14)15/h12H,3-9H2,1-2H3,(H,14,15). The van der Waals surface area contributed by atoms with Gasteiger partial charge in [0.15, 0.2) is 0 Å². The lowest BCUT2D eigenvalue weighted by atomic mass is 10.1. The normalized spacial score (nSPS) is 11.5. The third-order valence-electron chi connectivity index (χ3n) is 2.20. The number of carboxylic acid groups (broad SMARTS) is 1. The van der Waals surface area contributed by atoms with E-state index in [1.165, 1.54) is 39.0 Å². The summed E-state index contributed by atoms with van der Waals surface area (Å²) in [6.45, 7) is 4.44. The molecule has 0 aromatic carbocycles. The second-order valence-electron chi connectivity index (χ2n) is 3.68. The first-order chi connectivity index (χ1) is 7.18. The molecule has 0 fully saturated rings. The number of hydrogen-bond donors (Lipinski definition) is 2. The van der Waals surface area contributed by atoms with Gasteiger partial charge in [-0.05, 0) is 13.3 Å². The Hall–Kier alpha value is -1.06. The third-order valence-corrected chi connectivity index (χ3v) is 2.20. The highest BCUT2D eigenvalue weighted by Crippen LogP contribution is 2.03. The van der Waals surface area contributed by atoms with Crippen molar-refractivity contribution in [2.24, 2.45) is 5.10 Å². The summed E-state index contributed by atoms with van der Waals surface area (Å²) in [5, 5.41) is 12.2. The van der Waals surface area contributed by atoms with Gasteiger partial charge in [-0.1, -0.05) is 39.0 Å². The summed E-state index contributed by atoms with van der Waals surface area (Å²) in [7, 11) is 0. The molecule has 0 atom stereocenters. The lowest BCUT2D eigenvalue weighted by Gasteiger charge is -2.01. The SMILES string of the molecule is CCCCCCCCNN=C(C)C(=O)O. The van der Waals surface area contributed by atoms with E-state index in [4.69, 9.17) is 5.11 Å². The molecule has 88 valence electrons. The highest BCUT2D eigenvalue weighted by molar-refractivity contribution is 6.34. The largest absolute Gasteiger partial charge is 0.477 e. The van der Waals surface area contributed by atoms with E-state index in [1.807, 2.05) is 0 Å². The van der Waals surface area contributed by atoms with Crippen molar-refractivity contribution in [3.63, 3.8) is 0 Å². The molecule has 0 rings (SSSR count). The Morgan fingerprint density at radius 3 is 2.40 bits per heavy atom. The first kappa shape index (κ1) is 13.9. The minimum atomic E-state index is -0.967. The quantitative estimate of drug-likeness (QED) is 0.352. The van der Waals surface area contributed by atoms with Gasteiger partial charge in [-0.3, -0.25) is 0 Å². The minimum Gasteiger partial charge on any atom is -0.477 e. The van der Waals surface area contributed by atoms with E-state index in [0.717, 1.165) is 13.0 Å². The van der Waals surface area contributed by atoms with Crippen LogP contribution in [0.1, 0.15) is 52.4 Å². The number of unbranched alkanes of at least 4 members (excludes halogenated alkanes) is 5. The average molecular weight is 214 g/mol. The topological polar surface area (TPSA) is 61.7 Å². The van der Waals surface area contributed by atoms with Crippen molar-refractivity contribution in [3.05, 3.63) is 0 Å². The smallest absolute Gasteiger partial charge is 0.351 e. The summed E-state index contributed by atoms with van der Waals surface area (Å²) in [4.78, 5) is 10.4. The number of hydrogen-bond acceptors (Lipinski definition) is 3. The molecule has 2 N–H and O–H groups in total. The van der Waals surface area contributed by atoms with E-state index in [2.05, 4.69) is 17.5 Å². The minimum absolute atomic E-state index is 0.112. The fraction of sp³-hybridized carbons (Fsp3) is 0.818. The van der Waals surface area contributed by atoms with Gasteiger partial charge in [-0.15, -0.1) is 0 Å². The molecule has 0 aliphatic carbocycles. The van der Waals surface area contributed by atoms with Gasteiger partial charge in [-0.2, -0.15) is 5.10 Å². The molecule has 15 heavy (non-hydrogen) atoms. The number of hydrazone groups is 1. The molecular weight excluding hydrogens is 192 g/mol. The number of carboxylic acids is 1. The maximum atomic E-state index is 10.4. The van der Waals surface area contributed by atoms with E-state index >= 15 is 0 Å². The van der Waals surface area contributed by atoms with Gasteiger partial charge in [0.05, 0.1) is 0 Å². The first-order valence-electron chi connectivity index (χ1n) is 5.69. The summed E-state index contributed by atoms with van der Waals surface area (Å²) < 4.78 is 0. The maximum Gasteiger partial charge on any atom is 0.351 e. The fourth-order valence-corrected chi connectivity index (χ4v) is 1.21. The van der Waals surface area contributed by atoms with Crippen molar-refractivity contribution in [1.82, 2.24) is 5.43 Å². The Kier molecular flexibility index (Phi) is 8.82. The molecule has 0 saturated heterocycles. The van der Waals surface area contributed by atoms with Crippen LogP contribution in [0.2, 0.25) is 0 Å². The Morgan fingerprint density at radius 1 is 1.20 bits per heavy atom. The highest BCUT2D eigenvalue weighted by atomic mass is 16.4. The third kappa shape index (κ3) is 9.25. The van der Waals surface area contributed by atoms with Crippen LogP contribution >= 0.6 is 0 Å². The molecule has 0 aliphatic rings. The summed E-state index contributed by atoms with van der Waals surface area (Å²) in [6, 6.07) is 0. The van der Waals surface area contributed by atoms with E-state index < -0.39 is 5.97 Å². The van der Waals surface area contributed by atoms with Crippen LogP contribution in [0.5, 0.6) is 0 Å². The van der Waals surface area contributed by atoms with Gasteiger partial charge in [0.2, 0.25) is 0 Å². The molecule has 0 radical (unpaired) electrons. The van der Waals surface area contributed by atoms with Crippen LogP contribution in [0.25, 0.3) is 0 Å². The number of rotatable bonds is 9. The van der Waals surface area contributed by atoms with Gasteiger partial charge in [-0.25, -0.2) is 4.79 Å². The van der Waals surface area contributed by atoms with E-state index in [0.29, 0.717) is 0 Å². The molecule has 0 heterocycles. The van der Waals surface area contributed by atoms with Gasteiger partial charge < -0.3 is 10.5 Å². The number of aliphatic carboxylic acids is 1. The van der Waals surface area contributed by atoms with Gasteiger partial charge in [0.1, 0.15) is 5.71 Å². The van der Waals surface area contributed by atoms with Crippen LogP contribution in [0, 0.1) is 0 Å². The van der Waals surface area contributed by atoms with Crippen LogP contribution in [-0.4, -0.2) is 23.3 Å². The molecule has 4 nitrogen and oxygen atoms in total. The molecule has 0 unspecified atom stereocenters. The Bertz CT molecular complexity index is 203. The predicted molar refractivity (Wildman–Crippen MR) is 62.1 cm³/mol. The van der Waals surface area contributed by atoms with E-state index in [9.17, 15) is 4.79 Å². The second-order valence-corrected chi connectivity index (χ2v) is 3.68. The number of carbonyl (C=O) groups is 1. The Labute approximate surface area is 91.8 Å². The van der Waals surface area contributed by atoms with Crippen molar-refractivity contribution >= 4 is 11.7 Å². The fourth-order valence-electron chi connectivity index (χ4n) is 1.21. The lowest BCUT2D eigenvalue weighted by molar-refractivity contribution is -0.129. The monoisotopic (exact) mass is 214 g/mol. The molecule has 0 aliphatic heterocycles. The molecule has 0 aromatic rings. The van der Waals surface area contributed by atoms with Crippen molar-refractivity contribution < 1.29 is 9.90 Å². The Balaban J connectivity index is 3.25. The zero-order chi connectivity index (χ0) is 11.5. The molecule has 0 spiro atoms. The van der Waals surface area contributed by atoms with Gasteiger partial charge >= 0.3 is 5.97 Å². The lowest BCUT2D eigenvalue weighted by Crippen LogP contribution is -2.16. The van der Waals surface area contributed by atoms with Crippen molar-refractivity contribution in [2.45, 2.75) is 52.4 Å². The summed E-state index contributed by atoms with van der Waals surface area (Å²) in [5.74, 6) is -0.967. The van der Waals surface area contributed by atoms with Crippen molar-refractivity contribution in [1.29, 1.82) is 0 Å². The summed E-state index contributed by atoms with van der Waals surface area (Å²) in [5.41, 5.74) is 2.88. The molecular formula is C11H22N2O2. The van der Waals surface area contributed by atoms with E-state index in [1.54, 1.807) is 0 Å². The zero-order valence-electron chi connectivity index (χ0n) is 9.75. The van der Waals surface area contributed by atoms with Crippen LogP contribution in [0.3, 0.4) is 0 Å². The zero-order valence-corrected chi connectivity index (χ0v) is 9.75. The number of nitrogens with one attached hydrogen (secondary N) is 1. The predicted octanol–water partition coefficient (Wildman–Crippen LogP) is 2.40. The first-order valence-corrected chi connectivity index (χ1v) is 5.69. The van der Waals surface area contributed by atoms with Crippen molar-refractivity contribution in [3.8, 4) is 0 Å². The summed E-state index contributed by atoms with van der Waals surface area (Å²) >= 11 is 0. The Morgan fingerprint density at radius 2 is 1.80 bits per heavy atom. The molecule has 0 aromatic heterocycles. The van der Waals surface area contributed by atoms with Crippen LogP contribution in [0.15, 0.2) is 5.10 Å². The molecule has 4 heteroatoms. The molecule has 0 amide bonds.